The Labute approximate surface area is 152 Å². The summed E-state index contributed by atoms with van der Waals surface area (Å²) in [5.74, 6) is -0.284. The van der Waals surface area contributed by atoms with Crippen LogP contribution in [0.2, 0.25) is 0 Å². The third-order valence-electron chi connectivity index (χ3n) is 3.25. The average molecular weight is 405 g/mol. The number of nitrogens with zero attached hydrogens (tertiary/aromatic N) is 2. The van der Waals surface area contributed by atoms with Crippen LogP contribution in [0.3, 0.4) is 0 Å². The summed E-state index contributed by atoms with van der Waals surface area (Å²) in [6, 6.07) is 14.1. The van der Waals surface area contributed by atoms with Gasteiger partial charge in [0.1, 0.15) is 5.82 Å². The molecule has 0 saturated carbocycles. The first kappa shape index (κ1) is 16.6. The molecule has 0 spiro atoms. The quantitative estimate of drug-likeness (QED) is 0.621. The van der Waals surface area contributed by atoms with Gasteiger partial charge in [0.2, 0.25) is 0 Å². The molecule has 7 heteroatoms. The molecule has 3 rings (SSSR count). The Morgan fingerprint density at radius 3 is 2.42 bits per heavy atom. The van der Waals surface area contributed by atoms with E-state index in [-0.39, 0.29) is 5.82 Å². The van der Waals surface area contributed by atoms with Gasteiger partial charge in [0.25, 0.3) is 0 Å². The van der Waals surface area contributed by atoms with Gasteiger partial charge in [0, 0.05) is 16.4 Å². The number of hydrogen-bond acceptors (Lipinski definition) is 2. The fraction of sp³-hybridized carbons (Fsp3) is 0.0588. The first-order valence-corrected chi connectivity index (χ1v) is 8.39. The van der Waals surface area contributed by atoms with Crippen LogP contribution in [-0.2, 0) is 6.54 Å². The maximum absolute atomic E-state index is 12.9. The zero-order valence-corrected chi connectivity index (χ0v) is 14.9. The Balaban J connectivity index is 1.58. The lowest BCUT2D eigenvalue weighted by atomic mass is 10.2. The van der Waals surface area contributed by atoms with Gasteiger partial charge in [-0.05, 0) is 54.2 Å². The van der Waals surface area contributed by atoms with Gasteiger partial charge < -0.3 is 10.6 Å². The molecule has 0 unspecified atom stereocenters. The van der Waals surface area contributed by atoms with Crippen molar-refractivity contribution < 1.29 is 4.39 Å². The smallest absolute Gasteiger partial charge is 0.175 e. The molecule has 2 N–H and O–H groups in total. The first-order valence-electron chi connectivity index (χ1n) is 7.19. The van der Waals surface area contributed by atoms with Crippen LogP contribution >= 0.6 is 28.1 Å². The van der Waals surface area contributed by atoms with Crippen molar-refractivity contribution in [3.8, 4) is 0 Å². The highest BCUT2D eigenvalue weighted by Crippen LogP contribution is 2.13. The zero-order valence-electron chi connectivity index (χ0n) is 12.5. The minimum atomic E-state index is -0.284. The van der Waals surface area contributed by atoms with Crippen LogP contribution in [0, 0.1) is 5.82 Å². The second-order valence-corrected chi connectivity index (χ2v) is 6.46. The van der Waals surface area contributed by atoms with Crippen LogP contribution in [0.1, 0.15) is 5.56 Å². The van der Waals surface area contributed by atoms with E-state index < -0.39 is 0 Å². The molecule has 24 heavy (non-hydrogen) atoms. The molecule has 0 saturated heterocycles. The molecule has 0 aliphatic heterocycles. The van der Waals surface area contributed by atoms with E-state index in [0.29, 0.717) is 11.7 Å². The van der Waals surface area contributed by atoms with Crippen molar-refractivity contribution in [1.29, 1.82) is 0 Å². The standard InChI is InChI=1S/C17H14BrFN4S/c18-13-3-1-12(2-4-13)10-23-11-16(9-20-23)22-17(24)21-15-7-5-14(19)6-8-15/h1-9,11H,10H2,(H2,21,22,24). The number of rotatable bonds is 4. The maximum Gasteiger partial charge on any atom is 0.175 e. The molecule has 0 amide bonds. The summed E-state index contributed by atoms with van der Waals surface area (Å²) in [5, 5.41) is 10.8. The van der Waals surface area contributed by atoms with Crippen LogP contribution in [0.5, 0.6) is 0 Å². The van der Waals surface area contributed by atoms with Crippen LogP contribution in [0.15, 0.2) is 65.4 Å². The summed E-state index contributed by atoms with van der Waals surface area (Å²) in [4.78, 5) is 0. The second kappa shape index (κ2) is 7.55. The van der Waals surface area contributed by atoms with E-state index in [9.17, 15) is 4.39 Å². The van der Waals surface area contributed by atoms with Gasteiger partial charge in [0.15, 0.2) is 5.11 Å². The highest BCUT2D eigenvalue weighted by Gasteiger charge is 2.03. The fourth-order valence-corrected chi connectivity index (χ4v) is 2.62. The minimum absolute atomic E-state index is 0.284. The van der Waals surface area contributed by atoms with E-state index in [0.717, 1.165) is 21.4 Å². The highest BCUT2D eigenvalue weighted by molar-refractivity contribution is 9.10. The van der Waals surface area contributed by atoms with Crippen LogP contribution in [0.25, 0.3) is 0 Å². The Bertz CT molecular complexity index is 831. The van der Waals surface area contributed by atoms with Crippen LogP contribution < -0.4 is 10.6 Å². The second-order valence-electron chi connectivity index (χ2n) is 5.14. The summed E-state index contributed by atoms with van der Waals surface area (Å²) >= 11 is 8.66. The molecule has 0 atom stereocenters. The van der Waals surface area contributed by atoms with Crippen molar-refractivity contribution in [1.82, 2.24) is 9.78 Å². The van der Waals surface area contributed by atoms with Gasteiger partial charge in [-0.3, -0.25) is 4.68 Å². The molecule has 3 aromatic rings. The predicted octanol–water partition coefficient (Wildman–Crippen LogP) is 4.64. The molecule has 0 fully saturated rings. The highest BCUT2D eigenvalue weighted by atomic mass is 79.9. The van der Waals surface area contributed by atoms with E-state index in [1.54, 1.807) is 18.3 Å². The SMILES string of the molecule is Fc1ccc(NC(=S)Nc2cnn(Cc3ccc(Br)cc3)c2)cc1. The van der Waals surface area contributed by atoms with Crippen molar-refractivity contribution in [2.45, 2.75) is 6.54 Å². The average Bonchev–Trinajstić information content (AvgIpc) is 2.99. The number of anilines is 2. The lowest BCUT2D eigenvalue weighted by molar-refractivity contribution is 0.628. The van der Waals surface area contributed by atoms with E-state index in [2.05, 4.69) is 31.7 Å². The number of nitrogens with one attached hydrogen (secondary N) is 2. The van der Waals surface area contributed by atoms with Gasteiger partial charge in [0.05, 0.1) is 18.4 Å². The van der Waals surface area contributed by atoms with Crippen molar-refractivity contribution in [3.05, 3.63) is 76.8 Å². The Morgan fingerprint density at radius 1 is 1.04 bits per heavy atom. The molecular formula is C17H14BrFN4S. The fourth-order valence-electron chi connectivity index (χ4n) is 2.12. The van der Waals surface area contributed by atoms with Crippen molar-refractivity contribution in [2.75, 3.05) is 10.6 Å². The third kappa shape index (κ3) is 4.62. The van der Waals surface area contributed by atoms with Gasteiger partial charge in [-0.15, -0.1) is 0 Å². The van der Waals surface area contributed by atoms with E-state index in [4.69, 9.17) is 12.2 Å². The topological polar surface area (TPSA) is 41.9 Å². The summed E-state index contributed by atoms with van der Waals surface area (Å²) in [7, 11) is 0. The number of hydrogen-bond donors (Lipinski definition) is 2. The first-order chi connectivity index (χ1) is 11.6. The van der Waals surface area contributed by atoms with Crippen LogP contribution in [0.4, 0.5) is 15.8 Å². The van der Waals surface area contributed by atoms with Gasteiger partial charge in [-0.25, -0.2) is 4.39 Å². The number of thiocarbonyl (C=S) groups is 1. The minimum Gasteiger partial charge on any atom is -0.332 e. The van der Waals surface area contributed by atoms with Gasteiger partial charge in [-0.2, -0.15) is 5.10 Å². The van der Waals surface area contributed by atoms with Gasteiger partial charge in [-0.1, -0.05) is 28.1 Å². The molecule has 2 aromatic carbocycles. The molecule has 0 bridgehead atoms. The molecule has 4 nitrogen and oxygen atoms in total. The lowest BCUT2D eigenvalue weighted by Gasteiger charge is -2.08. The number of halogens is 2. The molecule has 1 heterocycles. The number of benzene rings is 2. The molecule has 122 valence electrons. The monoisotopic (exact) mass is 404 g/mol. The van der Waals surface area contributed by atoms with Gasteiger partial charge >= 0.3 is 0 Å². The summed E-state index contributed by atoms with van der Waals surface area (Å²) in [5.41, 5.74) is 2.66. The summed E-state index contributed by atoms with van der Waals surface area (Å²) in [6.07, 6.45) is 3.58. The van der Waals surface area contributed by atoms with Crippen molar-refractivity contribution in [3.63, 3.8) is 0 Å². The largest absolute Gasteiger partial charge is 0.332 e. The van der Waals surface area contributed by atoms with E-state index >= 15 is 0 Å². The molecular weight excluding hydrogens is 391 g/mol. The number of aromatic nitrogens is 2. The molecule has 0 aliphatic carbocycles. The Hall–Kier alpha value is -2.25. The molecule has 0 aliphatic rings. The predicted molar refractivity (Wildman–Crippen MR) is 102 cm³/mol. The zero-order chi connectivity index (χ0) is 16.9. The Morgan fingerprint density at radius 2 is 1.71 bits per heavy atom. The van der Waals surface area contributed by atoms with E-state index in [1.807, 2.05) is 35.1 Å². The Kier molecular flexibility index (Phi) is 5.22. The normalized spacial score (nSPS) is 10.4. The van der Waals surface area contributed by atoms with Crippen LogP contribution in [-0.4, -0.2) is 14.9 Å². The summed E-state index contributed by atoms with van der Waals surface area (Å²) in [6.45, 7) is 0.674. The molecule has 0 radical (unpaired) electrons. The van der Waals surface area contributed by atoms with Crippen molar-refractivity contribution >= 4 is 44.6 Å². The third-order valence-corrected chi connectivity index (χ3v) is 3.98. The van der Waals surface area contributed by atoms with Crippen molar-refractivity contribution in [2.24, 2.45) is 0 Å². The summed E-state index contributed by atoms with van der Waals surface area (Å²) < 4.78 is 15.8. The van der Waals surface area contributed by atoms with E-state index in [1.165, 1.54) is 12.1 Å². The maximum atomic E-state index is 12.9. The lowest BCUT2D eigenvalue weighted by Crippen LogP contribution is -2.18. The molecule has 1 aromatic heterocycles.